The highest BCUT2D eigenvalue weighted by Crippen LogP contribution is 2.21. The molecule has 0 aliphatic carbocycles. The van der Waals surface area contributed by atoms with Gasteiger partial charge in [0.1, 0.15) is 0 Å². The number of aromatic nitrogens is 1. The van der Waals surface area contributed by atoms with Crippen LogP contribution in [0.1, 0.15) is 38.7 Å². The fourth-order valence-electron chi connectivity index (χ4n) is 4.18. The van der Waals surface area contributed by atoms with E-state index in [1.165, 1.54) is 30.5 Å². The maximum absolute atomic E-state index is 12.1. The molecule has 2 aromatic rings. The van der Waals surface area contributed by atoms with Crippen LogP contribution in [0.3, 0.4) is 0 Å². The van der Waals surface area contributed by atoms with E-state index in [-0.39, 0.29) is 5.91 Å². The topological polar surface area (TPSA) is 48.1 Å². The van der Waals surface area contributed by atoms with Gasteiger partial charge in [-0.1, -0.05) is 32.0 Å². The molecular weight excluding hydrogens is 310 g/mol. The zero-order valence-electron chi connectivity index (χ0n) is 15.6. The minimum Gasteiger partial charge on any atom is -0.361 e. The van der Waals surface area contributed by atoms with Gasteiger partial charge in [-0.15, -0.1) is 0 Å². The number of H-pyrrole nitrogens is 1. The number of rotatable bonds is 7. The lowest BCUT2D eigenvalue weighted by Gasteiger charge is -2.34. The Bertz CT molecular complexity index is 683. The second kappa shape index (κ2) is 8.52. The molecule has 136 valence electrons. The standard InChI is InChI=1S/C21H31N3O/c1-16-12-17(2)15-24(14-16)11-5-10-22-21(25)9-8-18-13-23-20-7-4-3-6-19(18)20/h3-4,6-7,13,16-17,23H,5,8-12,14-15H2,1-2H3,(H,22,25)/t16-,17-/m1/s1. The Labute approximate surface area is 151 Å². The third-order valence-corrected chi connectivity index (χ3v) is 5.21. The number of para-hydroxylation sites is 1. The third kappa shape index (κ3) is 5.08. The first kappa shape index (κ1) is 18.0. The Kier molecular flexibility index (Phi) is 6.14. The molecule has 0 spiro atoms. The number of carbonyl (C=O) groups is 1. The lowest BCUT2D eigenvalue weighted by molar-refractivity contribution is -0.121. The van der Waals surface area contributed by atoms with Crippen LogP contribution in [0.2, 0.25) is 0 Å². The van der Waals surface area contributed by atoms with Crippen molar-refractivity contribution in [1.82, 2.24) is 15.2 Å². The maximum atomic E-state index is 12.1. The zero-order valence-corrected chi connectivity index (χ0v) is 15.6. The van der Waals surface area contributed by atoms with Crippen molar-refractivity contribution in [1.29, 1.82) is 0 Å². The van der Waals surface area contributed by atoms with Crippen molar-refractivity contribution in [2.45, 2.75) is 39.5 Å². The van der Waals surface area contributed by atoms with E-state index in [0.29, 0.717) is 6.42 Å². The summed E-state index contributed by atoms with van der Waals surface area (Å²) in [5.74, 6) is 1.76. The molecular formula is C21H31N3O. The summed E-state index contributed by atoms with van der Waals surface area (Å²) in [5.41, 5.74) is 2.37. The molecule has 0 unspecified atom stereocenters. The maximum Gasteiger partial charge on any atom is 0.220 e. The summed E-state index contributed by atoms with van der Waals surface area (Å²) >= 11 is 0. The van der Waals surface area contributed by atoms with Gasteiger partial charge in [0.05, 0.1) is 0 Å². The van der Waals surface area contributed by atoms with Crippen LogP contribution in [0.15, 0.2) is 30.5 Å². The van der Waals surface area contributed by atoms with E-state index in [1.807, 2.05) is 18.3 Å². The number of hydrogen-bond acceptors (Lipinski definition) is 2. The minimum atomic E-state index is 0.158. The van der Waals surface area contributed by atoms with E-state index in [4.69, 9.17) is 0 Å². The number of likely N-dealkylation sites (tertiary alicyclic amines) is 1. The molecule has 1 aromatic heterocycles. The molecule has 1 fully saturated rings. The van der Waals surface area contributed by atoms with Gasteiger partial charge in [-0.25, -0.2) is 0 Å². The lowest BCUT2D eigenvalue weighted by atomic mass is 9.92. The van der Waals surface area contributed by atoms with Crippen LogP contribution in [-0.4, -0.2) is 42.0 Å². The number of aromatic amines is 1. The molecule has 2 heterocycles. The van der Waals surface area contributed by atoms with E-state index < -0.39 is 0 Å². The Morgan fingerprint density at radius 3 is 2.80 bits per heavy atom. The molecule has 1 aliphatic rings. The predicted octanol–water partition coefficient (Wildman–Crippen LogP) is 3.58. The zero-order chi connectivity index (χ0) is 17.6. The van der Waals surface area contributed by atoms with Gasteiger partial charge in [0.25, 0.3) is 0 Å². The fraction of sp³-hybridized carbons (Fsp3) is 0.571. The average molecular weight is 341 g/mol. The van der Waals surface area contributed by atoms with E-state index in [9.17, 15) is 4.79 Å². The number of benzene rings is 1. The number of aryl methyl sites for hydroxylation is 1. The first-order valence-electron chi connectivity index (χ1n) is 9.66. The van der Waals surface area contributed by atoms with Crippen LogP contribution in [0.25, 0.3) is 10.9 Å². The number of fused-ring (bicyclic) bond motifs is 1. The largest absolute Gasteiger partial charge is 0.361 e. The summed E-state index contributed by atoms with van der Waals surface area (Å²) in [6.07, 6.45) is 5.76. The Morgan fingerprint density at radius 2 is 2.00 bits per heavy atom. The minimum absolute atomic E-state index is 0.158. The Balaban J connectivity index is 1.34. The molecule has 1 amide bonds. The summed E-state index contributed by atoms with van der Waals surface area (Å²) in [5, 5.41) is 4.30. The second-order valence-electron chi connectivity index (χ2n) is 7.77. The van der Waals surface area contributed by atoms with E-state index in [1.54, 1.807) is 0 Å². The quantitative estimate of drug-likeness (QED) is 0.756. The second-order valence-corrected chi connectivity index (χ2v) is 7.77. The average Bonchev–Trinajstić information content (AvgIpc) is 2.99. The normalized spacial score (nSPS) is 21.5. The van der Waals surface area contributed by atoms with Crippen molar-refractivity contribution < 1.29 is 4.79 Å². The first-order valence-corrected chi connectivity index (χ1v) is 9.66. The molecule has 3 rings (SSSR count). The van der Waals surface area contributed by atoms with Gasteiger partial charge in [-0.2, -0.15) is 0 Å². The highest BCUT2D eigenvalue weighted by Gasteiger charge is 2.21. The van der Waals surface area contributed by atoms with Crippen molar-refractivity contribution in [2.75, 3.05) is 26.2 Å². The van der Waals surface area contributed by atoms with E-state index in [0.717, 1.165) is 43.3 Å². The van der Waals surface area contributed by atoms with Crippen molar-refractivity contribution in [3.63, 3.8) is 0 Å². The van der Waals surface area contributed by atoms with Crippen LogP contribution < -0.4 is 5.32 Å². The lowest BCUT2D eigenvalue weighted by Crippen LogP contribution is -2.40. The fourth-order valence-corrected chi connectivity index (χ4v) is 4.18. The molecule has 1 saturated heterocycles. The van der Waals surface area contributed by atoms with Gasteiger partial charge in [0.2, 0.25) is 5.91 Å². The third-order valence-electron chi connectivity index (χ3n) is 5.21. The molecule has 1 aromatic carbocycles. The highest BCUT2D eigenvalue weighted by atomic mass is 16.1. The molecule has 2 atom stereocenters. The first-order chi connectivity index (χ1) is 12.1. The van der Waals surface area contributed by atoms with Gasteiger partial charge in [-0.05, 0) is 49.3 Å². The van der Waals surface area contributed by atoms with Gasteiger partial charge < -0.3 is 15.2 Å². The smallest absolute Gasteiger partial charge is 0.220 e. The summed E-state index contributed by atoms with van der Waals surface area (Å²) < 4.78 is 0. The molecule has 2 N–H and O–H groups in total. The molecule has 25 heavy (non-hydrogen) atoms. The number of nitrogens with zero attached hydrogens (tertiary/aromatic N) is 1. The summed E-state index contributed by atoms with van der Waals surface area (Å²) in [7, 11) is 0. The predicted molar refractivity (Wildman–Crippen MR) is 104 cm³/mol. The monoisotopic (exact) mass is 341 g/mol. The molecule has 0 saturated carbocycles. The van der Waals surface area contributed by atoms with Crippen molar-refractivity contribution in [3.05, 3.63) is 36.0 Å². The SMILES string of the molecule is C[C@@H]1C[C@@H](C)CN(CCCNC(=O)CCc2c[nH]c3ccccc23)C1. The van der Waals surface area contributed by atoms with E-state index >= 15 is 0 Å². The molecule has 4 heteroatoms. The van der Waals surface area contributed by atoms with Crippen LogP contribution in [-0.2, 0) is 11.2 Å². The van der Waals surface area contributed by atoms with E-state index in [2.05, 4.69) is 41.2 Å². The van der Waals surface area contributed by atoms with Crippen molar-refractivity contribution in [3.8, 4) is 0 Å². The summed E-state index contributed by atoms with van der Waals surface area (Å²) in [6, 6.07) is 8.25. The van der Waals surface area contributed by atoms with Crippen molar-refractivity contribution >= 4 is 16.8 Å². The van der Waals surface area contributed by atoms with Gasteiger partial charge >= 0.3 is 0 Å². The number of hydrogen-bond donors (Lipinski definition) is 2. The van der Waals surface area contributed by atoms with Gasteiger partial charge in [0, 0.05) is 43.2 Å². The number of carbonyl (C=O) groups excluding carboxylic acids is 1. The highest BCUT2D eigenvalue weighted by molar-refractivity contribution is 5.84. The summed E-state index contributed by atoms with van der Waals surface area (Å²) in [6.45, 7) is 8.98. The van der Waals surface area contributed by atoms with Gasteiger partial charge in [-0.3, -0.25) is 4.79 Å². The molecule has 0 radical (unpaired) electrons. The van der Waals surface area contributed by atoms with Crippen molar-refractivity contribution in [2.24, 2.45) is 11.8 Å². The Morgan fingerprint density at radius 1 is 1.24 bits per heavy atom. The van der Waals surface area contributed by atoms with Crippen LogP contribution in [0, 0.1) is 11.8 Å². The van der Waals surface area contributed by atoms with Crippen LogP contribution in [0.4, 0.5) is 0 Å². The molecule has 1 aliphatic heterocycles. The molecule has 4 nitrogen and oxygen atoms in total. The summed E-state index contributed by atoms with van der Waals surface area (Å²) in [4.78, 5) is 17.9. The number of piperidine rings is 1. The number of nitrogens with one attached hydrogen (secondary N) is 2. The Hall–Kier alpha value is -1.81. The number of amides is 1. The van der Waals surface area contributed by atoms with Gasteiger partial charge in [0.15, 0.2) is 0 Å². The van der Waals surface area contributed by atoms with Crippen LogP contribution >= 0.6 is 0 Å². The molecule has 0 bridgehead atoms. The van der Waals surface area contributed by atoms with Crippen LogP contribution in [0.5, 0.6) is 0 Å².